The van der Waals surface area contributed by atoms with E-state index in [1.54, 1.807) is 20.8 Å². The third-order valence-electron chi connectivity index (χ3n) is 2.86. The Bertz CT molecular complexity index is 308. The van der Waals surface area contributed by atoms with E-state index in [9.17, 15) is 9.59 Å². The number of hydrogen-bond donors (Lipinski definition) is 1. The van der Waals surface area contributed by atoms with Crippen LogP contribution in [0.4, 0.5) is 4.79 Å². The van der Waals surface area contributed by atoms with E-state index < -0.39 is 23.6 Å². The van der Waals surface area contributed by atoms with E-state index in [0.717, 1.165) is 0 Å². The van der Waals surface area contributed by atoms with Crippen LogP contribution < -0.4 is 0 Å². The van der Waals surface area contributed by atoms with Gasteiger partial charge >= 0.3 is 12.1 Å². The van der Waals surface area contributed by atoms with Gasteiger partial charge in [0.05, 0.1) is 5.92 Å². The van der Waals surface area contributed by atoms with Gasteiger partial charge < -0.3 is 14.7 Å². The first kappa shape index (κ1) is 13.8. The van der Waals surface area contributed by atoms with Crippen molar-refractivity contribution in [1.29, 1.82) is 0 Å². The predicted octanol–water partition coefficient (Wildman–Crippen LogP) is 2.11. The summed E-state index contributed by atoms with van der Waals surface area (Å²) in [5.74, 6) is -1.32. The highest BCUT2D eigenvalue weighted by Gasteiger charge is 2.34. The van der Waals surface area contributed by atoms with Gasteiger partial charge in [0.2, 0.25) is 0 Å². The van der Waals surface area contributed by atoms with Gasteiger partial charge in [0, 0.05) is 12.6 Å². The van der Waals surface area contributed by atoms with E-state index in [4.69, 9.17) is 9.84 Å². The normalized spacial score (nSPS) is 25.5. The Morgan fingerprint density at radius 1 is 1.29 bits per heavy atom. The molecule has 1 amide bonds. The summed E-state index contributed by atoms with van der Waals surface area (Å²) in [6, 6.07) is 0.0421. The van der Waals surface area contributed by atoms with Crippen LogP contribution in [0.15, 0.2) is 0 Å². The molecule has 0 aromatic heterocycles. The van der Waals surface area contributed by atoms with Gasteiger partial charge in [0.15, 0.2) is 0 Å². The van der Waals surface area contributed by atoms with Crippen molar-refractivity contribution in [1.82, 2.24) is 4.90 Å². The average Bonchev–Trinajstić information content (AvgIpc) is 2.14. The third-order valence-corrected chi connectivity index (χ3v) is 2.86. The highest BCUT2D eigenvalue weighted by atomic mass is 16.6. The molecule has 1 heterocycles. The lowest BCUT2D eigenvalue weighted by atomic mass is 9.94. The van der Waals surface area contributed by atoms with Crippen molar-refractivity contribution in [3.05, 3.63) is 0 Å². The number of rotatable bonds is 1. The van der Waals surface area contributed by atoms with Crippen molar-refractivity contribution < 1.29 is 19.4 Å². The van der Waals surface area contributed by atoms with Crippen molar-refractivity contribution in [2.24, 2.45) is 5.92 Å². The SMILES string of the molecule is CC1CC[C@@H](C(=O)O)CN1C(=O)OC(C)(C)C. The first-order chi connectivity index (χ1) is 7.70. The number of amides is 1. The minimum atomic E-state index is -0.842. The molecule has 17 heavy (non-hydrogen) atoms. The molecule has 2 atom stereocenters. The van der Waals surface area contributed by atoms with Crippen LogP contribution in [-0.4, -0.2) is 40.3 Å². The molecule has 5 nitrogen and oxygen atoms in total. The molecule has 1 aliphatic heterocycles. The minimum absolute atomic E-state index is 0.0421. The molecule has 0 bridgehead atoms. The summed E-state index contributed by atoms with van der Waals surface area (Å²) in [5, 5.41) is 8.98. The lowest BCUT2D eigenvalue weighted by molar-refractivity contribution is -0.143. The second kappa shape index (κ2) is 4.94. The fourth-order valence-electron chi connectivity index (χ4n) is 1.88. The molecule has 98 valence electrons. The molecule has 1 N–H and O–H groups in total. The molecule has 0 aliphatic carbocycles. The summed E-state index contributed by atoms with van der Waals surface area (Å²) in [4.78, 5) is 24.4. The molecule has 1 aliphatic rings. The van der Waals surface area contributed by atoms with E-state index in [2.05, 4.69) is 0 Å². The predicted molar refractivity (Wildman–Crippen MR) is 62.8 cm³/mol. The lowest BCUT2D eigenvalue weighted by Gasteiger charge is -2.37. The molecule has 5 heteroatoms. The summed E-state index contributed by atoms with van der Waals surface area (Å²) in [7, 11) is 0. The Balaban J connectivity index is 2.67. The fraction of sp³-hybridized carbons (Fsp3) is 0.833. The van der Waals surface area contributed by atoms with Gasteiger partial charge in [-0.25, -0.2) is 4.79 Å². The monoisotopic (exact) mass is 243 g/mol. The largest absolute Gasteiger partial charge is 0.481 e. The van der Waals surface area contributed by atoms with Gasteiger partial charge in [0.25, 0.3) is 0 Å². The maximum absolute atomic E-state index is 11.9. The Hall–Kier alpha value is -1.26. The van der Waals surface area contributed by atoms with E-state index in [1.807, 2.05) is 6.92 Å². The number of aliphatic carboxylic acids is 1. The van der Waals surface area contributed by atoms with Crippen molar-refractivity contribution in [3.63, 3.8) is 0 Å². The Labute approximate surface area is 102 Å². The van der Waals surface area contributed by atoms with Crippen molar-refractivity contribution in [2.45, 2.75) is 52.2 Å². The molecule has 1 rings (SSSR count). The molecule has 1 unspecified atom stereocenters. The number of ether oxygens (including phenoxy) is 1. The molecule has 0 saturated carbocycles. The van der Waals surface area contributed by atoms with Gasteiger partial charge in [-0.15, -0.1) is 0 Å². The van der Waals surface area contributed by atoms with E-state index in [-0.39, 0.29) is 12.6 Å². The van der Waals surface area contributed by atoms with Gasteiger partial charge in [-0.3, -0.25) is 4.79 Å². The van der Waals surface area contributed by atoms with E-state index >= 15 is 0 Å². The molecular weight excluding hydrogens is 222 g/mol. The van der Waals surface area contributed by atoms with Crippen LogP contribution in [0.1, 0.15) is 40.5 Å². The first-order valence-corrected chi connectivity index (χ1v) is 5.93. The zero-order valence-corrected chi connectivity index (χ0v) is 10.9. The molecule has 0 spiro atoms. The number of carboxylic acids is 1. The second-order valence-electron chi connectivity index (χ2n) is 5.59. The number of carboxylic acid groups (broad SMARTS) is 1. The zero-order chi connectivity index (χ0) is 13.2. The molecule has 0 aromatic carbocycles. The standard InChI is InChI=1S/C12H21NO4/c1-8-5-6-9(10(14)15)7-13(8)11(16)17-12(2,3)4/h8-9H,5-7H2,1-4H3,(H,14,15)/t8?,9-/m1/s1. The second-order valence-corrected chi connectivity index (χ2v) is 5.59. The Morgan fingerprint density at radius 2 is 1.88 bits per heavy atom. The summed E-state index contributed by atoms with van der Waals surface area (Å²) < 4.78 is 5.27. The van der Waals surface area contributed by atoms with Gasteiger partial charge in [-0.2, -0.15) is 0 Å². The lowest BCUT2D eigenvalue weighted by Crippen LogP contribution is -2.49. The van der Waals surface area contributed by atoms with Crippen molar-refractivity contribution in [2.75, 3.05) is 6.54 Å². The smallest absolute Gasteiger partial charge is 0.410 e. The fourth-order valence-corrected chi connectivity index (χ4v) is 1.88. The van der Waals surface area contributed by atoms with Crippen LogP contribution in [0.3, 0.4) is 0 Å². The van der Waals surface area contributed by atoms with Crippen LogP contribution >= 0.6 is 0 Å². The number of nitrogens with zero attached hydrogens (tertiary/aromatic N) is 1. The van der Waals surface area contributed by atoms with Crippen LogP contribution in [0, 0.1) is 5.92 Å². The zero-order valence-electron chi connectivity index (χ0n) is 10.9. The number of likely N-dealkylation sites (tertiary alicyclic amines) is 1. The molecule has 1 fully saturated rings. The van der Waals surface area contributed by atoms with Gasteiger partial charge in [0.1, 0.15) is 5.60 Å². The van der Waals surface area contributed by atoms with E-state index in [1.165, 1.54) is 4.90 Å². The molecular formula is C12H21NO4. The third kappa shape index (κ3) is 3.91. The molecule has 0 aromatic rings. The van der Waals surface area contributed by atoms with Gasteiger partial charge in [-0.1, -0.05) is 0 Å². The summed E-state index contributed by atoms with van der Waals surface area (Å²) >= 11 is 0. The number of piperidine rings is 1. The minimum Gasteiger partial charge on any atom is -0.481 e. The summed E-state index contributed by atoms with van der Waals surface area (Å²) in [6.07, 6.45) is 0.905. The number of carbonyl (C=O) groups is 2. The topological polar surface area (TPSA) is 66.8 Å². The molecule has 1 saturated heterocycles. The quantitative estimate of drug-likeness (QED) is 0.766. The Morgan fingerprint density at radius 3 is 2.35 bits per heavy atom. The van der Waals surface area contributed by atoms with Crippen molar-refractivity contribution >= 4 is 12.1 Å². The Kier molecular flexibility index (Phi) is 4.01. The van der Waals surface area contributed by atoms with Crippen LogP contribution in [0.5, 0.6) is 0 Å². The van der Waals surface area contributed by atoms with Crippen LogP contribution in [0.2, 0.25) is 0 Å². The van der Waals surface area contributed by atoms with Crippen molar-refractivity contribution in [3.8, 4) is 0 Å². The first-order valence-electron chi connectivity index (χ1n) is 5.93. The highest BCUT2D eigenvalue weighted by Crippen LogP contribution is 2.24. The van der Waals surface area contributed by atoms with Crippen LogP contribution in [0.25, 0.3) is 0 Å². The summed E-state index contributed by atoms with van der Waals surface area (Å²) in [5.41, 5.74) is -0.549. The van der Waals surface area contributed by atoms with E-state index in [0.29, 0.717) is 12.8 Å². The summed E-state index contributed by atoms with van der Waals surface area (Å²) in [6.45, 7) is 7.56. The number of carbonyl (C=O) groups excluding carboxylic acids is 1. The highest BCUT2D eigenvalue weighted by molar-refractivity contribution is 5.73. The maximum Gasteiger partial charge on any atom is 0.410 e. The maximum atomic E-state index is 11.9. The average molecular weight is 243 g/mol. The van der Waals surface area contributed by atoms with Gasteiger partial charge in [-0.05, 0) is 40.5 Å². The van der Waals surface area contributed by atoms with Crippen LogP contribution in [-0.2, 0) is 9.53 Å². The molecule has 0 radical (unpaired) electrons. The number of hydrogen-bond acceptors (Lipinski definition) is 3.